The maximum absolute atomic E-state index is 11.1. The average Bonchev–Trinajstić information content (AvgIpc) is 2.21. The second kappa shape index (κ2) is 10.3. The molecular weight excluding hydrogens is 208 g/mol. The first-order chi connectivity index (χ1) is 7.22. The molecule has 0 aromatic carbocycles. The van der Waals surface area contributed by atoms with Crippen molar-refractivity contribution in [3.63, 3.8) is 0 Å². The van der Waals surface area contributed by atoms with Crippen molar-refractivity contribution in [2.24, 2.45) is 5.73 Å². The lowest BCUT2D eigenvalue weighted by Crippen LogP contribution is -2.43. The number of hydrogen-bond acceptors (Lipinski definition) is 3. The minimum Gasteiger partial charge on any atom is -0.368 e. The predicted molar refractivity (Wildman–Crippen MR) is 68.1 cm³/mol. The molecule has 0 spiro atoms. The van der Waals surface area contributed by atoms with Gasteiger partial charge in [0.2, 0.25) is 5.91 Å². The third-order valence-corrected chi connectivity index (χ3v) is 3.31. The molecular formula is C11H24N2OS. The van der Waals surface area contributed by atoms with Gasteiger partial charge in [0.15, 0.2) is 0 Å². The lowest BCUT2D eigenvalue weighted by atomic mass is 10.3. The Morgan fingerprint density at radius 3 is 2.60 bits per heavy atom. The molecule has 1 amide bonds. The SMILES string of the molecule is CCCCCSCC(NCCC)C(N)=O. The van der Waals surface area contributed by atoms with Crippen LogP contribution in [0.3, 0.4) is 0 Å². The molecule has 0 saturated carbocycles. The minimum atomic E-state index is -0.230. The number of nitrogens with two attached hydrogens (primary N) is 1. The number of nitrogens with one attached hydrogen (secondary N) is 1. The van der Waals surface area contributed by atoms with Crippen molar-refractivity contribution in [1.82, 2.24) is 5.32 Å². The molecule has 90 valence electrons. The maximum atomic E-state index is 11.1. The fourth-order valence-electron chi connectivity index (χ4n) is 1.22. The van der Waals surface area contributed by atoms with Crippen LogP contribution < -0.4 is 11.1 Å². The Labute approximate surface area is 97.6 Å². The molecule has 0 bridgehead atoms. The smallest absolute Gasteiger partial charge is 0.235 e. The van der Waals surface area contributed by atoms with Gasteiger partial charge in [0.05, 0.1) is 6.04 Å². The van der Waals surface area contributed by atoms with Crippen LogP contribution in [-0.4, -0.2) is 30.0 Å². The summed E-state index contributed by atoms with van der Waals surface area (Å²) in [5, 5.41) is 3.16. The molecule has 3 N–H and O–H groups in total. The van der Waals surface area contributed by atoms with Crippen LogP contribution in [0, 0.1) is 0 Å². The zero-order valence-electron chi connectivity index (χ0n) is 9.92. The molecule has 0 aromatic rings. The number of rotatable bonds is 10. The highest BCUT2D eigenvalue weighted by molar-refractivity contribution is 7.99. The van der Waals surface area contributed by atoms with Crippen molar-refractivity contribution >= 4 is 17.7 Å². The fourth-order valence-corrected chi connectivity index (χ4v) is 2.31. The van der Waals surface area contributed by atoms with Crippen molar-refractivity contribution < 1.29 is 4.79 Å². The van der Waals surface area contributed by atoms with E-state index in [1.165, 1.54) is 19.3 Å². The third-order valence-electron chi connectivity index (χ3n) is 2.16. The first kappa shape index (κ1) is 14.8. The van der Waals surface area contributed by atoms with Crippen molar-refractivity contribution in [3.05, 3.63) is 0 Å². The van der Waals surface area contributed by atoms with E-state index in [-0.39, 0.29) is 11.9 Å². The maximum Gasteiger partial charge on any atom is 0.235 e. The zero-order chi connectivity index (χ0) is 11.5. The molecule has 0 aromatic heterocycles. The lowest BCUT2D eigenvalue weighted by Gasteiger charge is -2.14. The average molecular weight is 232 g/mol. The van der Waals surface area contributed by atoms with E-state index in [2.05, 4.69) is 19.2 Å². The van der Waals surface area contributed by atoms with E-state index in [1.54, 1.807) is 0 Å². The monoisotopic (exact) mass is 232 g/mol. The van der Waals surface area contributed by atoms with Crippen LogP contribution in [0.4, 0.5) is 0 Å². The molecule has 0 rings (SSSR count). The highest BCUT2D eigenvalue weighted by atomic mass is 32.2. The normalized spacial score (nSPS) is 12.7. The van der Waals surface area contributed by atoms with Crippen LogP contribution in [0.1, 0.15) is 39.5 Å². The number of amides is 1. The molecule has 0 fully saturated rings. The molecule has 0 aliphatic heterocycles. The largest absolute Gasteiger partial charge is 0.368 e. The van der Waals surface area contributed by atoms with Crippen molar-refractivity contribution in [2.45, 2.75) is 45.6 Å². The van der Waals surface area contributed by atoms with Gasteiger partial charge in [-0.2, -0.15) is 11.8 Å². The molecule has 0 radical (unpaired) electrons. The number of primary amides is 1. The van der Waals surface area contributed by atoms with E-state index in [9.17, 15) is 4.79 Å². The molecule has 4 heteroatoms. The zero-order valence-corrected chi connectivity index (χ0v) is 10.7. The molecule has 1 atom stereocenters. The van der Waals surface area contributed by atoms with Gasteiger partial charge in [0.1, 0.15) is 0 Å². The number of thioether (sulfide) groups is 1. The van der Waals surface area contributed by atoms with E-state index >= 15 is 0 Å². The summed E-state index contributed by atoms with van der Waals surface area (Å²) >= 11 is 1.82. The predicted octanol–water partition coefficient (Wildman–Crippen LogP) is 1.76. The highest BCUT2D eigenvalue weighted by Gasteiger charge is 2.13. The van der Waals surface area contributed by atoms with Gasteiger partial charge >= 0.3 is 0 Å². The number of carbonyl (C=O) groups excluding carboxylic acids is 1. The van der Waals surface area contributed by atoms with Crippen LogP contribution in [0.25, 0.3) is 0 Å². The van der Waals surface area contributed by atoms with Crippen LogP contribution in [-0.2, 0) is 4.79 Å². The van der Waals surface area contributed by atoms with E-state index in [1.807, 2.05) is 11.8 Å². The first-order valence-electron chi connectivity index (χ1n) is 5.82. The Hall–Kier alpha value is -0.220. The van der Waals surface area contributed by atoms with Crippen LogP contribution in [0.2, 0.25) is 0 Å². The molecule has 0 aliphatic rings. The Balaban J connectivity index is 3.53. The van der Waals surface area contributed by atoms with Gasteiger partial charge in [0, 0.05) is 5.75 Å². The summed E-state index contributed by atoms with van der Waals surface area (Å²) in [6.45, 7) is 5.14. The number of unbranched alkanes of at least 4 members (excludes halogenated alkanes) is 2. The summed E-state index contributed by atoms with van der Waals surface area (Å²) in [7, 11) is 0. The van der Waals surface area contributed by atoms with E-state index in [0.717, 1.165) is 24.5 Å². The van der Waals surface area contributed by atoms with Crippen LogP contribution in [0.5, 0.6) is 0 Å². The molecule has 0 aliphatic carbocycles. The van der Waals surface area contributed by atoms with Crippen molar-refractivity contribution in [2.75, 3.05) is 18.1 Å². The highest BCUT2D eigenvalue weighted by Crippen LogP contribution is 2.07. The Morgan fingerprint density at radius 1 is 1.33 bits per heavy atom. The van der Waals surface area contributed by atoms with Crippen LogP contribution in [0.15, 0.2) is 0 Å². The standard InChI is InChI=1S/C11H24N2OS/c1-3-5-6-8-15-9-10(11(12)14)13-7-4-2/h10,13H,3-9H2,1-2H3,(H2,12,14). The quantitative estimate of drug-likeness (QED) is 0.564. The second-order valence-electron chi connectivity index (χ2n) is 3.69. The van der Waals surface area contributed by atoms with Crippen LogP contribution >= 0.6 is 11.8 Å². The van der Waals surface area contributed by atoms with Gasteiger partial charge in [-0.1, -0.05) is 26.7 Å². The van der Waals surface area contributed by atoms with Gasteiger partial charge in [-0.15, -0.1) is 0 Å². The summed E-state index contributed by atoms with van der Waals surface area (Å²) in [5.74, 6) is 1.70. The van der Waals surface area contributed by atoms with E-state index in [4.69, 9.17) is 5.73 Å². The molecule has 0 heterocycles. The summed E-state index contributed by atoms with van der Waals surface area (Å²) < 4.78 is 0. The third kappa shape index (κ3) is 8.75. The van der Waals surface area contributed by atoms with Crippen molar-refractivity contribution in [3.8, 4) is 0 Å². The Bertz CT molecular complexity index is 165. The van der Waals surface area contributed by atoms with Gasteiger partial charge < -0.3 is 11.1 Å². The van der Waals surface area contributed by atoms with Gasteiger partial charge in [0.25, 0.3) is 0 Å². The summed E-state index contributed by atoms with van der Waals surface area (Å²) in [6, 6.07) is -0.156. The second-order valence-corrected chi connectivity index (χ2v) is 4.84. The number of hydrogen-bond donors (Lipinski definition) is 2. The van der Waals surface area contributed by atoms with E-state index in [0.29, 0.717) is 0 Å². The lowest BCUT2D eigenvalue weighted by molar-refractivity contribution is -0.119. The Morgan fingerprint density at radius 2 is 2.07 bits per heavy atom. The summed E-state index contributed by atoms with van der Waals surface area (Å²) in [4.78, 5) is 11.1. The van der Waals surface area contributed by atoms with Gasteiger partial charge in [-0.25, -0.2) is 0 Å². The molecule has 0 saturated heterocycles. The van der Waals surface area contributed by atoms with Gasteiger partial charge in [-0.05, 0) is 25.1 Å². The molecule has 1 unspecified atom stereocenters. The minimum absolute atomic E-state index is 0.156. The van der Waals surface area contributed by atoms with Gasteiger partial charge in [-0.3, -0.25) is 4.79 Å². The molecule has 15 heavy (non-hydrogen) atoms. The fraction of sp³-hybridized carbons (Fsp3) is 0.909. The number of carbonyl (C=O) groups is 1. The van der Waals surface area contributed by atoms with Crippen molar-refractivity contribution in [1.29, 1.82) is 0 Å². The first-order valence-corrected chi connectivity index (χ1v) is 6.98. The van der Waals surface area contributed by atoms with E-state index < -0.39 is 0 Å². The molecule has 3 nitrogen and oxygen atoms in total. The topological polar surface area (TPSA) is 55.1 Å². The summed E-state index contributed by atoms with van der Waals surface area (Å²) in [6.07, 6.45) is 4.79. The summed E-state index contributed by atoms with van der Waals surface area (Å²) in [5.41, 5.74) is 5.30. The Kier molecular flexibility index (Phi) is 10.2.